The van der Waals surface area contributed by atoms with Crippen molar-refractivity contribution < 1.29 is 23.9 Å². The monoisotopic (exact) mass is 482 g/mol. The van der Waals surface area contributed by atoms with Crippen LogP contribution in [0.15, 0.2) is 97.1 Å². The van der Waals surface area contributed by atoms with E-state index in [1.165, 1.54) is 4.90 Å². The molecule has 7 nitrogen and oxygen atoms in total. The van der Waals surface area contributed by atoms with Crippen LogP contribution in [0.3, 0.4) is 0 Å². The average molecular weight is 483 g/mol. The molecule has 2 amide bonds. The van der Waals surface area contributed by atoms with Crippen molar-refractivity contribution in [1.82, 2.24) is 10.2 Å². The summed E-state index contributed by atoms with van der Waals surface area (Å²) >= 11 is 0. The number of amides is 2. The summed E-state index contributed by atoms with van der Waals surface area (Å²) in [6, 6.07) is 24.0. The molecule has 7 heteroatoms. The zero-order valence-corrected chi connectivity index (χ0v) is 19.8. The van der Waals surface area contributed by atoms with Crippen LogP contribution in [0, 0.1) is 6.92 Å². The molecule has 3 aromatic rings. The van der Waals surface area contributed by atoms with E-state index in [0.29, 0.717) is 11.1 Å². The van der Waals surface area contributed by atoms with Crippen molar-refractivity contribution in [3.05, 3.63) is 119 Å². The lowest BCUT2D eigenvalue weighted by Crippen LogP contribution is -2.77. The number of aryl methyl sites for hydroxylation is 1. The Morgan fingerprint density at radius 3 is 2.14 bits per heavy atom. The molecule has 0 unspecified atom stereocenters. The van der Waals surface area contributed by atoms with E-state index in [1.807, 2.05) is 79.7 Å². The lowest BCUT2D eigenvalue weighted by molar-refractivity contribution is -0.204. The molecule has 1 N–H and O–H groups in total. The molecule has 182 valence electrons. The topological polar surface area (TPSA) is 84.9 Å². The van der Waals surface area contributed by atoms with E-state index in [9.17, 15) is 14.4 Å². The number of hydrogen-bond donors (Lipinski definition) is 1. The first-order valence-corrected chi connectivity index (χ1v) is 11.7. The predicted octanol–water partition coefficient (Wildman–Crippen LogP) is 3.55. The zero-order chi connectivity index (χ0) is 25.2. The van der Waals surface area contributed by atoms with E-state index in [1.54, 1.807) is 12.1 Å². The van der Waals surface area contributed by atoms with Crippen molar-refractivity contribution in [2.75, 3.05) is 6.61 Å². The molecule has 0 aromatic heterocycles. The summed E-state index contributed by atoms with van der Waals surface area (Å²) in [5.74, 6) is -1.39. The number of benzene rings is 3. The van der Waals surface area contributed by atoms with Crippen LogP contribution >= 0.6 is 0 Å². The molecule has 5 rings (SSSR count). The minimum Gasteiger partial charge on any atom is -0.451 e. The summed E-state index contributed by atoms with van der Waals surface area (Å²) in [4.78, 5) is 40.5. The van der Waals surface area contributed by atoms with Crippen LogP contribution in [0.4, 0.5) is 0 Å². The number of nitrogens with one attached hydrogen (secondary N) is 1. The van der Waals surface area contributed by atoms with Crippen molar-refractivity contribution in [2.45, 2.75) is 31.3 Å². The number of β-lactam (4-membered cyclic amide) rings is 1. The van der Waals surface area contributed by atoms with E-state index < -0.39 is 36.3 Å². The molecule has 36 heavy (non-hydrogen) atoms. The third-order valence-electron chi connectivity index (χ3n) is 6.45. The third kappa shape index (κ3) is 4.41. The number of esters is 1. The molecule has 3 aromatic carbocycles. The Kier molecular flexibility index (Phi) is 6.40. The van der Waals surface area contributed by atoms with Gasteiger partial charge in [0.25, 0.3) is 11.8 Å². The van der Waals surface area contributed by atoms with Gasteiger partial charge in [0.2, 0.25) is 0 Å². The highest BCUT2D eigenvalue weighted by Crippen LogP contribution is 2.35. The lowest BCUT2D eigenvalue weighted by Gasteiger charge is -2.52. The van der Waals surface area contributed by atoms with Gasteiger partial charge >= 0.3 is 5.97 Å². The van der Waals surface area contributed by atoms with Crippen LogP contribution < -0.4 is 5.32 Å². The summed E-state index contributed by atoms with van der Waals surface area (Å²) in [7, 11) is 0. The van der Waals surface area contributed by atoms with Crippen molar-refractivity contribution in [3.63, 3.8) is 0 Å². The first-order valence-electron chi connectivity index (χ1n) is 11.7. The van der Waals surface area contributed by atoms with Crippen molar-refractivity contribution >= 4 is 17.8 Å². The van der Waals surface area contributed by atoms with Crippen LogP contribution in [-0.2, 0) is 19.1 Å². The third-order valence-corrected chi connectivity index (χ3v) is 6.45. The van der Waals surface area contributed by atoms with Crippen molar-refractivity contribution in [2.24, 2.45) is 0 Å². The Labute approximate surface area is 209 Å². The molecule has 2 heterocycles. The first kappa shape index (κ1) is 23.5. The number of carbonyl (C=O) groups excluding carboxylic acids is 3. The van der Waals surface area contributed by atoms with E-state index in [4.69, 9.17) is 9.47 Å². The molecule has 2 fully saturated rings. The molecular formula is C29H26N2O5. The van der Waals surface area contributed by atoms with E-state index in [0.717, 1.165) is 16.7 Å². The number of carbonyl (C=O) groups is 3. The molecule has 0 spiro atoms. The van der Waals surface area contributed by atoms with Crippen LogP contribution in [0.25, 0.3) is 0 Å². The van der Waals surface area contributed by atoms with Crippen LogP contribution in [-0.4, -0.2) is 47.6 Å². The molecular weight excluding hydrogens is 456 g/mol. The van der Waals surface area contributed by atoms with Gasteiger partial charge in [0.15, 0.2) is 24.4 Å². The predicted molar refractivity (Wildman–Crippen MR) is 133 cm³/mol. The van der Waals surface area contributed by atoms with Crippen molar-refractivity contribution in [3.8, 4) is 0 Å². The van der Waals surface area contributed by atoms with E-state index in [2.05, 4.69) is 11.9 Å². The summed E-state index contributed by atoms with van der Waals surface area (Å²) in [6.07, 6.45) is -1.43. The molecule has 2 saturated heterocycles. The van der Waals surface area contributed by atoms with Gasteiger partial charge in [0.1, 0.15) is 0 Å². The fourth-order valence-electron chi connectivity index (χ4n) is 4.51. The van der Waals surface area contributed by atoms with Crippen LogP contribution in [0.2, 0.25) is 0 Å². The summed E-state index contributed by atoms with van der Waals surface area (Å²) < 4.78 is 11.8. The maximum atomic E-state index is 13.5. The Balaban J connectivity index is 1.33. The molecule has 0 saturated carbocycles. The second kappa shape index (κ2) is 9.79. The highest BCUT2D eigenvalue weighted by Gasteiger charge is 2.57. The Morgan fingerprint density at radius 1 is 0.972 bits per heavy atom. The number of nitrogens with zero attached hydrogens (tertiary/aromatic N) is 1. The molecule has 0 aliphatic carbocycles. The highest BCUT2D eigenvalue weighted by atomic mass is 16.6. The Bertz CT molecular complexity index is 1250. The second-order valence-electron chi connectivity index (χ2n) is 8.96. The van der Waals surface area contributed by atoms with E-state index >= 15 is 0 Å². The van der Waals surface area contributed by atoms with Gasteiger partial charge in [0.05, 0.1) is 6.61 Å². The van der Waals surface area contributed by atoms with Crippen molar-refractivity contribution in [1.29, 1.82) is 0 Å². The van der Waals surface area contributed by atoms with E-state index in [-0.39, 0.29) is 12.5 Å². The molecule has 2 aliphatic rings. The normalized spacial score (nSPS) is 20.9. The Hall–Kier alpha value is -4.23. The van der Waals surface area contributed by atoms with Gasteiger partial charge in [-0.3, -0.25) is 14.5 Å². The minimum atomic E-state index is -1.00. The molecule has 0 bridgehead atoms. The van der Waals surface area contributed by atoms with Crippen LogP contribution in [0.1, 0.15) is 33.2 Å². The minimum absolute atomic E-state index is 0.0758. The van der Waals surface area contributed by atoms with Gasteiger partial charge in [-0.2, -0.15) is 0 Å². The molecule has 0 radical (unpaired) electrons. The maximum Gasteiger partial charge on any atom is 0.334 e. The number of fused-ring (bicyclic) bond motifs is 1. The second-order valence-corrected chi connectivity index (χ2v) is 8.96. The van der Waals surface area contributed by atoms with Gasteiger partial charge in [-0.15, -0.1) is 0 Å². The standard InChI is InChI=1S/C29H26N2O5/c1-18-13-15-22(16-14-18)26(32)30-23-27(33)31-24(19(2)17-35-28(23)31)29(34)36-25(20-9-5-3-6-10-20)21-11-7-4-8-12-21/h3-16,23-25,28H,2,17H2,1H3,(H,30,32)/t23-,24+,28+/m0/s1. The van der Waals surface area contributed by atoms with Gasteiger partial charge in [-0.05, 0) is 35.8 Å². The first-order chi connectivity index (χ1) is 17.4. The molecule has 2 aliphatic heterocycles. The maximum absolute atomic E-state index is 13.5. The van der Waals surface area contributed by atoms with Crippen LogP contribution in [0.5, 0.6) is 0 Å². The smallest absolute Gasteiger partial charge is 0.334 e. The summed E-state index contributed by atoms with van der Waals surface area (Å²) in [5.41, 5.74) is 3.51. The largest absolute Gasteiger partial charge is 0.451 e. The fraction of sp³-hybridized carbons (Fsp3) is 0.207. The number of hydrogen-bond acceptors (Lipinski definition) is 5. The lowest BCUT2D eigenvalue weighted by atomic mass is 9.94. The summed E-state index contributed by atoms with van der Waals surface area (Å²) in [6.45, 7) is 5.96. The highest BCUT2D eigenvalue weighted by molar-refractivity contribution is 6.01. The zero-order valence-electron chi connectivity index (χ0n) is 19.8. The van der Waals surface area contributed by atoms with Gasteiger partial charge < -0.3 is 14.8 Å². The summed E-state index contributed by atoms with van der Waals surface area (Å²) in [5, 5.41) is 2.73. The van der Waals surface area contributed by atoms with Gasteiger partial charge in [-0.25, -0.2) is 4.79 Å². The quantitative estimate of drug-likeness (QED) is 0.330. The Morgan fingerprint density at radius 2 is 1.56 bits per heavy atom. The fourth-order valence-corrected chi connectivity index (χ4v) is 4.51. The number of rotatable bonds is 6. The van der Waals surface area contributed by atoms with Gasteiger partial charge in [0, 0.05) is 5.56 Å². The van der Waals surface area contributed by atoms with Gasteiger partial charge in [-0.1, -0.05) is 84.9 Å². The average Bonchev–Trinajstić information content (AvgIpc) is 2.91. The SMILES string of the molecule is C=C1CO[C@@H]2[C@@H](NC(=O)c3ccc(C)cc3)C(=O)N2[C@H]1C(=O)OC(c1ccccc1)c1ccccc1. The molecule has 3 atom stereocenters. The number of ether oxygens (including phenoxy) is 2.